The van der Waals surface area contributed by atoms with Crippen molar-refractivity contribution in [1.82, 2.24) is 9.97 Å². The van der Waals surface area contributed by atoms with Gasteiger partial charge in [0.05, 0.1) is 6.20 Å². The van der Waals surface area contributed by atoms with Crippen LogP contribution in [0.5, 0.6) is 0 Å². The normalized spacial score (nSPS) is 22.2. The van der Waals surface area contributed by atoms with E-state index in [0.29, 0.717) is 11.8 Å². The minimum Gasteiger partial charge on any atom is -0.312 e. The van der Waals surface area contributed by atoms with E-state index >= 15 is 0 Å². The minimum absolute atomic E-state index is 0.0285. The molecule has 0 bridgehead atoms. The Labute approximate surface area is 185 Å². The Kier molecular flexibility index (Phi) is 5.01. The van der Waals surface area contributed by atoms with Crippen LogP contribution in [0.15, 0.2) is 72.7 Å². The molecule has 3 heterocycles. The van der Waals surface area contributed by atoms with Gasteiger partial charge in [0.25, 0.3) is 0 Å². The quantitative estimate of drug-likeness (QED) is 0.441. The van der Waals surface area contributed by atoms with Crippen molar-refractivity contribution in [3.05, 3.63) is 83.8 Å². The Bertz CT molecular complexity index is 1140. The minimum atomic E-state index is 0.0285. The van der Waals surface area contributed by atoms with Gasteiger partial charge < -0.3 is 4.90 Å². The summed E-state index contributed by atoms with van der Waals surface area (Å²) in [7, 11) is 0. The van der Waals surface area contributed by atoms with Crippen LogP contribution in [0.25, 0.3) is 0 Å². The number of allylic oxidation sites excluding steroid dienone is 1. The van der Waals surface area contributed by atoms with Gasteiger partial charge in [-0.25, -0.2) is 9.97 Å². The fraction of sp³-hybridized carbons (Fsp3) is 0.333. The SMILES string of the molecule is CCC1C(C)=CC2N(c3ccccc3C1CC)c1cncnc1N2c1ccccc1C. The molecule has 0 amide bonds. The lowest BCUT2D eigenvalue weighted by Gasteiger charge is -2.38. The molecule has 0 fully saturated rings. The second-order valence-corrected chi connectivity index (χ2v) is 8.67. The largest absolute Gasteiger partial charge is 0.312 e. The summed E-state index contributed by atoms with van der Waals surface area (Å²) in [5.41, 5.74) is 7.66. The maximum atomic E-state index is 4.76. The lowest BCUT2D eigenvalue weighted by Crippen LogP contribution is -2.39. The van der Waals surface area contributed by atoms with E-state index < -0.39 is 0 Å². The van der Waals surface area contributed by atoms with Gasteiger partial charge in [-0.15, -0.1) is 0 Å². The maximum Gasteiger partial charge on any atom is 0.162 e. The van der Waals surface area contributed by atoms with Gasteiger partial charge in [-0.1, -0.05) is 55.8 Å². The van der Waals surface area contributed by atoms with Gasteiger partial charge in [-0.3, -0.25) is 4.90 Å². The first-order valence-corrected chi connectivity index (χ1v) is 11.4. The number of hydrogen-bond acceptors (Lipinski definition) is 4. The molecule has 31 heavy (non-hydrogen) atoms. The van der Waals surface area contributed by atoms with Crippen LogP contribution in [0.1, 0.15) is 50.7 Å². The highest BCUT2D eigenvalue weighted by atomic mass is 15.4. The van der Waals surface area contributed by atoms with Gasteiger partial charge in [0.1, 0.15) is 18.2 Å². The van der Waals surface area contributed by atoms with E-state index in [4.69, 9.17) is 4.98 Å². The molecule has 0 saturated carbocycles. The molecule has 3 atom stereocenters. The van der Waals surface area contributed by atoms with Crippen LogP contribution < -0.4 is 9.80 Å². The Morgan fingerprint density at radius 1 is 0.806 bits per heavy atom. The lowest BCUT2D eigenvalue weighted by atomic mass is 9.76. The van der Waals surface area contributed by atoms with Crippen LogP contribution >= 0.6 is 0 Å². The molecule has 0 N–H and O–H groups in total. The molecule has 2 aliphatic rings. The molecule has 5 rings (SSSR count). The molecule has 4 nitrogen and oxygen atoms in total. The van der Waals surface area contributed by atoms with Crippen LogP contribution in [0.3, 0.4) is 0 Å². The number of nitrogens with zero attached hydrogens (tertiary/aromatic N) is 4. The van der Waals surface area contributed by atoms with Crippen molar-refractivity contribution in [3.63, 3.8) is 0 Å². The molecule has 1 aromatic heterocycles. The molecular weight excluding hydrogens is 380 g/mol. The van der Waals surface area contributed by atoms with Crippen LogP contribution in [-0.2, 0) is 0 Å². The Hall–Kier alpha value is -3.14. The van der Waals surface area contributed by atoms with Crippen molar-refractivity contribution in [2.45, 2.75) is 52.6 Å². The van der Waals surface area contributed by atoms with Gasteiger partial charge in [-0.05, 0) is 67.9 Å². The summed E-state index contributed by atoms with van der Waals surface area (Å²) in [6, 6.07) is 17.5. The Morgan fingerprint density at radius 2 is 1.52 bits per heavy atom. The number of para-hydroxylation sites is 2. The smallest absolute Gasteiger partial charge is 0.162 e. The molecule has 3 aromatic rings. The first kappa shape index (κ1) is 19.8. The van der Waals surface area contributed by atoms with E-state index in [2.05, 4.69) is 97.1 Å². The summed E-state index contributed by atoms with van der Waals surface area (Å²) in [5, 5.41) is 0. The van der Waals surface area contributed by atoms with E-state index in [1.54, 1.807) is 6.33 Å². The van der Waals surface area contributed by atoms with E-state index in [9.17, 15) is 0 Å². The summed E-state index contributed by atoms with van der Waals surface area (Å²) < 4.78 is 0. The van der Waals surface area contributed by atoms with Gasteiger partial charge in [0.2, 0.25) is 0 Å². The van der Waals surface area contributed by atoms with E-state index in [1.807, 2.05) is 6.20 Å². The zero-order valence-corrected chi connectivity index (χ0v) is 18.8. The van der Waals surface area contributed by atoms with Gasteiger partial charge in [0, 0.05) is 11.4 Å². The van der Waals surface area contributed by atoms with Crippen LogP contribution in [-0.4, -0.2) is 16.1 Å². The molecule has 4 heteroatoms. The highest BCUT2D eigenvalue weighted by Crippen LogP contribution is 2.52. The number of fused-ring (bicyclic) bond motifs is 5. The molecule has 2 aliphatic heterocycles. The number of aromatic nitrogens is 2. The molecule has 3 unspecified atom stereocenters. The van der Waals surface area contributed by atoms with E-state index in [0.717, 1.165) is 24.3 Å². The second kappa shape index (κ2) is 7.84. The van der Waals surface area contributed by atoms with Crippen LogP contribution in [0.2, 0.25) is 0 Å². The fourth-order valence-electron chi connectivity index (χ4n) is 5.59. The topological polar surface area (TPSA) is 32.3 Å². The average Bonchev–Trinajstić information content (AvgIpc) is 3.10. The van der Waals surface area contributed by atoms with Crippen LogP contribution in [0, 0.1) is 12.8 Å². The summed E-state index contributed by atoms with van der Waals surface area (Å²) in [6.07, 6.45) is 8.38. The number of rotatable bonds is 3. The standard InChI is InChI=1S/C27H30N4/c1-5-20-19(4)15-26-30(24-14-10-8-12-22(24)21(20)6-2)25-16-28-17-29-27(25)31(26)23-13-9-7-11-18(23)3/h7-17,20-21,26H,5-6H2,1-4H3. The van der Waals surface area contributed by atoms with E-state index in [-0.39, 0.29) is 6.17 Å². The summed E-state index contributed by atoms with van der Waals surface area (Å²) >= 11 is 0. The van der Waals surface area contributed by atoms with Crippen molar-refractivity contribution in [3.8, 4) is 0 Å². The monoisotopic (exact) mass is 410 g/mol. The van der Waals surface area contributed by atoms with Gasteiger partial charge in [0.15, 0.2) is 5.82 Å². The van der Waals surface area contributed by atoms with Crippen molar-refractivity contribution in [2.75, 3.05) is 9.80 Å². The van der Waals surface area contributed by atoms with Crippen molar-refractivity contribution in [1.29, 1.82) is 0 Å². The zero-order chi connectivity index (χ0) is 21.5. The predicted octanol–water partition coefficient (Wildman–Crippen LogP) is 6.88. The highest BCUT2D eigenvalue weighted by molar-refractivity contribution is 5.88. The van der Waals surface area contributed by atoms with Crippen molar-refractivity contribution >= 4 is 22.9 Å². The Balaban J connectivity index is 1.81. The average molecular weight is 411 g/mol. The molecule has 0 saturated heterocycles. The van der Waals surface area contributed by atoms with Crippen molar-refractivity contribution in [2.24, 2.45) is 5.92 Å². The first-order valence-electron chi connectivity index (χ1n) is 11.4. The Morgan fingerprint density at radius 3 is 2.26 bits per heavy atom. The summed E-state index contributed by atoms with van der Waals surface area (Å²) in [6.45, 7) is 9.12. The van der Waals surface area contributed by atoms with Crippen LogP contribution in [0.4, 0.5) is 22.9 Å². The number of benzene rings is 2. The molecule has 0 spiro atoms. The zero-order valence-electron chi connectivity index (χ0n) is 18.8. The third-order valence-electron chi connectivity index (χ3n) is 7.02. The van der Waals surface area contributed by atoms with Gasteiger partial charge >= 0.3 is 0 Å². The number of aryl methyl sites for hydroxylation is 1. The molecule has 158 valence electrons. The first-order chi connectivity index (χ1) is 15.2. The molecular formula is C27H30N4. The molecule has 0 radical (unpaired) electrons. The maximum absolute atomic E-state index is 4.76. The molecule has 2 aromatic carbocycles. The molecule has 0 aliphatic carbocycles. The summed E-state index contributed by atoms with van der Waals surface area (Å²) in [5.74, 6) is 2.00. The van der Waals surface area contributed by atoms with E-state index in [1.165, 1.54) is 28.1 Å². The lowest BCUT2D eigenvalue weighted by molar-refractivity contribution is 0.451. The van der Waals surface area contributed by atoms with Gasteiger partial charge in [-0.2, -0.15) is 0 Å². The third kappa shape index (κ3) is 3.04. The number of hydrogen-bond donors (Lipinski definition) is 0. The number of anilines is 4. The fourth-order valence-corrected chi connectivity index (χ4v) is 5.59. The second-order valence-electron chi connectivity index (χ2n) is 8.67. The van der Waals surface area contributed by atoms with Crippen molar-refractivity contribution < 1.29 is 0 Å². The third-order valence-corrected chi connectivity index (χ3v) is 7.02. The summed E-state index contributed by atoms with van der Waals surface area (Å²) in [4.78, 5) is 14.0. The predicted molar refractivity (Wildman–Crippen MR) is 128 cm³/mol. The highest BCUT2D eigenvalue weighted by Gasteiger charge is 2.42.